The van der Waals surface area contributed by atoms with E-state index >= 15 is 0 Å². The molecule has 0 spiro atoms. The van der Waals surface area contributed by atoms with Gasteiger partial charge in [0, 0.05) is 50.7 Å². The first kappa shape index (κ1) is 16.2. The lowest BCUT2D eigenvalue weighted by Gasteiger charge is -2.36. The summed E-state index contributed by atoms with van der Waals surface area (Å²) in [7, 11) is 0. The van der Waals surface area contributed by atoms with Crippen LogP contribution in [0.2, 0.25) is 0 Å². The summed E-state index contributed by atoms with van der Waals surface area (Å²) in [5.74, 6) is 1.77. The van der Waals surface area contributed by atoms with Crippen LogP contribution < -0.4 is 20.9 Å². The lowest BCUT2D eigenvalue weighted by Crippen LogP contribution is -2.47. The summed E-state index contributed by atoms with van der Waals surface area (Å²) in [6.45, 7) is 3.96. The second kappa shape index (κ2) is 7.74. The van der Waals surface area contributed by atoms with E-state index in [-0.39, 0.29) is 12.5 Å². The van der Waals surface area contributed by atoms with Gasteiger partial charge in [-0.05, 0) is 18.2 Å². The summed E-state index contributed by atoms with van der Waals surface area (Å²) >= 11 is 0. The summed E-state index contributed by atoms with van der Waals surface area (Å²) < 4.78 is 0. The van der Waals surface area contributed by atoms with Crippen molar-refractivity contribution in [1.29, 1.82) is 0 Å². The van der Waals surface area contributed by atoms with E-state index in [1.165, 1.54) is 0 Å². The number of hydrogen-bond donors (Lipinski definition) is 2. The first-order valence-electron chi connectivity index (χ1n) is 8.09. The molecule has 7 nitrogen and oxygen atoms in total. The van der Waals surface area contributed by atoms with Crippen LogP contribution in [0, 0.1) is 0 Å². The Labute approximate surface area is 141 Å². The number of nitrogens with two attached hydrogens (primary N) is 1. The Hall–Kier alpha value is -2.67. The maximum Gasteiger partial charge on any atom is 0.234 e. The minimum absolute atomic E-state index is 0.00164. The van der Waals surface area contributed by atoms with Gasteiger partial charge in [-0.2, -0.15) is 0 Å². The number of piperazine rings is 1. The van der Waals surface area contributed by atoms with Crippen molar-refractivity contribution in [3.63, 3.8) is 0 Å². The number of nitrogens with zero attached hydrogens (tertiary/aromatic N) is 4. The van der Waals surface area contributed by atoms with Crippen molar-refractivity contribution in [3.05, 3.63) is 48.3 Å². The molecule has 1 amide bonds. The normalized spacial score (nSPS) is 14.5. The minimum atomic E-state index is -0.162. The fourth-order valence-corrected chi connectivity index (χ4v) is 2.81. The van der Waals surface area contributed by atoms with Gasteiger partial charge in [0.05, 0.1) is 6.54 Å². The number of nitrogens with one attached hydrogen (secondary N) is 1. The summed E-state index contributed by atoms with van der Waals surface area (Å²) in [5.41, 5.74) is 6.34. The Bertz CT molecular complexity index is 670. The van der Waals surface area contributed by atoms with Crippen molar-refractivity contribution < 1.29 is 4.79 Å². The molecular weight excluding hydrogens is 304 g/mol. The summed E-state index contributed by atoms with van der Waals surface area (Å²) in [6.07, 6.45) is 3.60. The molecule has 7 heteroatoms. The molecule has 24 heavy (non-hydrogen) atoms. The third kappa shape index (κ3) is 3.80. The molecule has 1 aliphatic rings. The highest BCUT2D eigenvalue weighted by atomic mass is 16.1. The van der Waals surface area contributed by atoms with E-state index in [4.69, 9.17) is 5.73 Å². The third-order valence-electron chi connectivity index (χ3n) is 4.08. The first-order chi connectivity index (χ1) is 11.8. The van der Waals surface area contributed by atoms with Gasteiger partial charge in [-0.3, -0.25) is 4.79 Å². The standard InChI is InChI=1S/C17H22N6O/c18-12-16(24)21-13-14-4-3-7-20-17(14)23-10-8-22(9-11-23)15-5-1-2-6-19-15/h1-7H,8-13,18H2,(H,21,24). The Morgan fingerprint density at radius 3 is 2.50 bits per heavy atom. The van der Waals surface area contributed by atoms with Crippen molar-refractivity contribution in [2.24, 2.45) is 5.73 Å². The largest absolute Gasteiger partial charge is 0.353 e. The number of anilines is 2. The Morgan fingerprint density at radius 1 is 1.04 bits per heavy atom. The van der Waals surface area contributed by atoms with E-state index in [0.717, 1.165) is 43.4 Å². The molecule has 3 N–H and O–H groups in total. The monoisotopic (exact) mass is 326 g/mol. The minimum Gasteiger partial charge on any atom is -0.353 e. The number of pyridine rings is 2. The molecule has 0 aliphatic carbocycles. The topological polar surface area (TPSA) is 87.4 Å². The fourth-order valence-electron chi connectivity index (χ4n) is 2.81. The molecule has 1 aliphatic heterocycles. The van der Waals surface area contributed by atoms with Gasteiger partial charge >= 0.3 is 0 Å². The molecule has 1 saturated heterocycles. The van der Waals surface area contributed by atoms with E-state index in [2.05, 4.69) is 25.1 Å². The van der Waals surface area contributed by atoms with Crippen LogP contribution in [0.5, 0.6) is 0 Å². The SMILES string of the molecule is NCC(=O)NCc1cccnc1N1CCN(c2ccccn2)CC1. The number of hydrogen-bond acceptors (Lipinski definition) is 6. The van der Waals surface area contributed by atoms with Gasteiger partial charge in [0.2, 0.25) is 5.91 Å². The van der Waals surface area contributed by atoms with E-state index in [0.29, 0.717) is 6.54 Å². The van der Waals surface area contributed by atoms with Gasteiger partial charge in [0.15, 0.2) is 0 Å². The summed E-state index contributed by atoms with van der Waals surface area (Å²) in [6, 6.07) is 9.84. The van der Waals surface area contributed by atoms with Crippen LogP contribution in [0.25, 0.3) is 0 Å². The number of carbonyl (C=O) groups excluding carboxylic acids is 1. The zero-order valence-corrected chi connectivity index (χ0v) is 13.6. The number of amides is 1. The van der Waals surface area contributed by atoms with Gasteiger partial charge in [0.1, 0.15) is 11.6 Å². The molecule has 1 fully saturated rings. The van der Waals surface area contributed by atoms with E-state index in [1.807, 2.05) is 36.5 Å². The highest BCUT2D eigenvalue weighted by molar-refractivity contribution is 5.77. The van der Waals surface area contributed by atoms with E-state index in [9.17, 15) is 4.79 Å². The molecule has 0 saturated carbocycles. The Kier molecular flexibility index (Phi) is 5.22. The van der Waals surface area contributed by atoms with Crippen LogP contribution in [0.3, 0.4) is 0 Å². The fraction of sp³-hybridized carbons (Fsp3) is 0.353. The highest BCUT2D eigenvalue weighted by Gasteiger charge is 2.20. The molecule has 0 atom stereocenters. The van der Waals surface area contributed by atoms with Crippen LogP contribution >= 0.6 is 0 Å². The van der Waals surface area contributed by atoms with E-state index < -0.39 is 0 Å². The van der Waals surface area contributed by atoms with Crippen molar-refractivity contribution >= 4 is 17.5 Å². The molecule has 3 rings (SSSR count). The van der Waals surface area contributed by atoms with Gasteiger partial charge in [-0.1, -0.05) is 12.1 Å². The molecular formula is C17H22N6O. The summed E-state index contributed by atoms with van der Waals surface area (Å²) in [5, 5.41) is 2.81. The number of aromatic nitrogens is 2. The van der Waals surface area contributed by atoms with Gasteiger partial charge < -0.3 is 20.9 Å². The van der Waals surface area contributed by atoms with Crippen LogP contribution in [0.15, 0.2) is 42.7 Å². The van der Waals surface area contributed by atoms with Gasteiger partial charge in [0.25, 0.3) is 0 Å². The molecule has 0 radical (unpaired) electrons. The molecule has 0 unspecified atom stereocenters. The second-order valence-corrected chi connectivity index (χ2v) is 5.63. The Balaban J connectivity index is 1.65. The quantitative estimate of drug-likeness (QED) is 0.826. The third-order valence-corrected chi connectivity index (χ3v) is 4.08. The molecule has 2 aromatic heterocycles. The molecule has 0 bridgehead atoms. The predicted molar refractivity (Wildman–Crippen MR) is 93.8 cm³/mol. The molecule has 126 valence electrons. The van der Waals surface area contributed by atoms with Crippen molar-refractivity contribution in [1.82, 2.24) is 15.3 Å². The number of rotatable bonds is 5. The van der Waals surface area contributed by atoms with Gasteiger partial charge in [-0.25, -0.2) is 9.97 Å². The smallest absolute Gasteiger partial charge is 0.234 e. The average molecular weight is 326 g/mol. The predicted octanol–water partition coefficient (Wildman–Crippen LogP) is 0.378. The van der Waals surface area contributed by atoms with Crippen molar-refractivity contribution in [3.8, 4) is 0 Å². The van der Waals surface area contributed by atoms with Crippen LogP contribution in [0.1, 0.15) is 5.56 Å². The van der Waals surface area contributed by atoms with Crippen LogP contribution in [0.4, 0.5) is 11.6 Å². The lowest BCUT2D eigenvalue weighted by molar-refractivity contribution is -0.119. The summed E-state index contributed by atoms with van der Waals surface area (Å²) in [4.78, 5) is 24.8. The average Bonchev–Trinajstić information content (AvgIpc) is 2.67. The zero-order valence-electron chi connectivity index (χ0n) is 13.6. The maximum atomic E-state index is 11.4. The molecule has 2 aromatic rings. The van der Waals surface area contributed by atoms with Crippen LogP contribution in [-0.2, 0) is 11.3 Å². The molecule has 0 aromatic carbocycles. The molecule has 3 heterocycles. The lowest BCUT2D eigenvalue weighted by atomic mass is 10.2. The van der Waals surface area contributed by atoms with Crippen molar-refractivity contribution in [2.45, 2.75) is 6.54 Å². The second-order valence-electron chi connectivity index (χ2n) is 5.63. The van der Waals surface area contributed by atoms with E-state index in [1.54, 1.807) is 6.20 Å². The van der Waals surface area contributed by atoms with Crippen molar-refractivity contribution in [2.75, 3.05) is 42.5 Å². The highest BCUT2D eigenvalue weighted by Crippen LogP contribution is 2.20. The zero-order chi connectivity index (χ0) is 16.8. The maximum absolute atomic E-state index is 11.4. The first-order valence-corrected chi connectivity index (χ1v) is 8.09. The van der Waals surface area contributed by atoms with Gasteiger partial charge in [-0.15, -0.1) is 0 Å². The Morgan fingerprint density at radius 2 is 1.79 bits per heavy atom. The number of carbonyl (C=O) groups is 1. The van der Waals surface area contributed by atoms with Crippen LogP contribution in [-0.4, -0.2) is 48.6 Å².